The quantitative estimate of drug-likeness (QED) is 0.823. The Morgan fingerprint density at radius 1 is 1.36 bits per heavy atom. The molecule has 5 heteroatoms. The Bertz CT molecular complexity index is 515. The molecule has 0 fully saturated rings. The van der Waals surface area contributed by atoms with Gasteiger partial charge in [0, 0.05) is 5.39 Å². The fraction of sp³-hybridized carbons (Fsp3) is 0. The largest absolute Gasteiger partial charge is 0.507 e. The van der Waals surface area contributed by atoms with E-state index in [1.165, 1.54) is 12.1 Å². The van der Waals surface area contributed by atoms with Gasteiger partial charge < -0.3 is 14.6 Å². The first-order chi connectivity index (χ1) is 6.58. The van der Waals surface area contributed by atoms with Crippen molar-refractivity contribution in [3.8, 4) is 5.75 Å². The summed E-state index contributed by atoms with van der Waals surface area (Å²) in [5, 5.41) is 18.7. The van der Waals surface area contributed by atoms with Gasteiger partial charge in [0.1, 0.15) is 16.9 Å². The molecule has 1 aromatic carbocycles. The van der Waals surface area contributed by atoms with Gasteiger partial charge in [0.2, 0.25) is 0 Å². The molecule has 0 spiro atoms. The van der Waals surface area contributed by atoms with Gasteiger partial charge in [-0.2, -0.15) is 0 Å². The molecule has 0 aliphatic rings. The average Bonchev–Trinajstić information content (AvgIpc) is 2.42. The molecule has 14 heavy (non-hydrogen) atoms. The number of carbonyl (C=O) groups is 1. The number of benzene rings is 1. The SMILES string of the molecule is O=C(O)c1cc2oc(Br)cc2cc1O. The van der Waals surface area contributed by atoms with E-state index in [9.17, 15) is 9.90 Å². The van der Waals surface area contributed by atoms with E-state index in [0.29, 0.717) is 15.6 Å². The number of hydrogen-bond donors (Lipinski definition) is 2. The molecular formula is C9H5BrO4. The minimum Gasteiger partial charge on any atom is -0.507 e. The lowest BCUT2D eigenvalue weighted by atomic mass is 10.1. The van der Waals surface area contributed by atoms with Crippen LogP contribution in [0.5, 0.6) is 5.75 Å². The molecule has 0 aliphatic heterocycles. The molecule has 0 saturated carbocycles. The van der Waals surface area contributed by atoms with Gasteiger partial charge in [-0.3, -0.25) is 0 Å². The molecule has 4 nitrogen and oxygen atoms in total. The number of phenols is 1. The molecule has 2 rings (SSSR count). The summed E-state index contributed by atoms with van der Waals surface area (Å²) in [6, 6.07) is 4.30. The molecule has 0 bridgehead atoms. The first-order valence-electron chi connectivity index (χ1n) is 3.73. The van der Waals surface area contributed by atoms with Gasteiger partial charge in [-0.05, 0) is 34.1 Å². The van der Waals surface area contributed by atoms with Crippen LogP contribution >= 0.6 is 15.9 Å². The van der Waals surface area contributed by atoms with Crippen LogP contribution < -0.4 is 0 Å². The van der Waals surface area contributed by atoms with E-state index in [2.05, 4.69) is 15.9 Å². The summed E-state index contributed by atoms with van der Waals surface area (Å²) in [6.07, 6.45) is 0. The number of rotatable bonds is 1. The third-order valence-corrected chi connectivity index (χ3v) is 2.23. The van der Waals surface area contributed by atoms with E-state index in [4.69, 9.17) is 9.52 Å². The van der Waals surface area contributed by atoms with Gasteiger partial charge in [-0.15, -0.1) is 0 Å². The molecular weight excluding hydrogens is 252 g/mol. The molecule has 2 aromatic rings. The van der Waals surface area contributed by atoms with Gasteiger partial charge in [-0.25, -0.2) is 4.79 Å². The summed E-state index contributed by atoms with van der Waals surface area (Å²) in [6.45, 7) is 0. The van der Waals surface area contributed by atoms with Gasteiger partial charge in [0.05, 0.1) is 0 Å². The van der Waals surface area contributed by atoms with Crippen LogP contribution in [0.4, 0.5) is 0 Å². The Balaban J connectivity index is 2.76. The number of aromatic carboxylic acids is 1. The highest BCUT2D eigenvalue weighted by Gasteiger charge is 2.13. The fourth-order valence-electron chi connectivity index (χ4n) is 1.21. The second-order valence-corrected chi connectivity index (χ2v) is 3.54. The summed E-state index contributed by atoms with van der Waals surface area (Å²) in [4.78, 5) is 10.7. The van der Waals surface area contributed by atoms with Crippen LogP contribution in [-0.4, -0.2) is 16.2 Å². The third kappa shape index (κ3) is 1.35. The maximum Gasteiger partial charge on any atom is 0.339 e. The molecule has 0 atom stereocenters. The minimum absolute atomic E-state index is 0.167. The van der Waals surface area contributed by atoms with Crippen LogP contribution in [0.15, 0.2) is 27.3 Å². The first-order valence-corrected chi connectivity index (χ1v) is 4.52. The van der Waals surface area contributed by atoms with Crippen molar-refractivity contribution in [2.24, 2.45) is 0 Å². The number of fused-ring (bicyclic) bond motifs is 1. The summed E-state index contributed by atoms with van der Waals surface area (Å²) in [7, 11) is 0. The topological polar surface area (TPSA) is 70.7 Å². The first kappa shape index (κ1) is 9.08. The predicted octanol–water partition coefficient (Wildman–Crippen LogP) is 2.60. The number of hydrogen-bond acceptors (Lipinski definition) is 3. The Morgan fingerprint density at radius 3 is 2.71 bits per heavy atom. The number of carboxylic acids is 1. The van der Waals surface area contributed by atoms with Crippen LogP contribution in [0.25, 0.3) is 11.0 Å². The highest BCUT2D eigenvalue weighted by molar-refractivity contribution is 9.10. The van der Waals surface area contributed by atoms with Crippen molar-refractivity contribution < 1.29 is 19.4 Å². The molecule has 2 N–H and O–H groups in total. The molecule has 1 aromatic heterocycles. The number of carboxylic acid groups (broad SMARTS) is 1. The van der Waals surface area contributed by atoms with Crippen LogP contribution in [0, 0.1) is 0 Å². The van der Waals surface area contributed by atoms with Crippen molar-refractivity contribution in [1.82, 2.24) is 0 Å². The molecule has 0 aliphatic carbocycles. The highest BCUT2D eigenvalue weighted by atomic mass is 79.9. The number of aromatic hydroxyl groups is 1. The molecule has 0 saturated heterocycles. The second-order valence-electron chi connectivity index (χ2n) is 2.76. The van der Waals surface area contributed by atoms with E-state index in [0.717, 1.165) is 0 Å². The smallest absolute Gasteiger partial charge is 0.339 e. The zero-order chi connectivity index (χ0) is 10.3. The summed E-state index contributed by atoms with van der Waals surface area (Å²) < 4.78 is 5.65. The number of furan rings is 1. The molecule has 0 radical (unpaired) electrons. The van der Waals surface area contributed by atoms with Gasteiger partial charge in [0.15, 0.2) is 4.67 Å². The second kappa shape index (κ2) is 3.02. The zero-order valence-electron chi connectivity index (χ0n) is 6.82. The van der Waals surface area contributed by atoms with E-state index in [-0.39, 0.29) is 11.3 Å². The maximum atomic E-state index is 10.7. The lowest BCUT2D eigenvalue weighted by Gasteiger charge is -1.97. The Labute approximate surface area is 86.9 Å². The van der Waals surface area contributed by atoms with E-state index >= 15 is 0 Å². The zero-order valence-corrected chi connectivity index (χ0v) is 8.41. The monoisotopic (exact) mass is 256 g/mol. The maximum absolute atomic E-state index is 10.7. The fourth-order valence-corrected chi connectivity index (χ4v) is 1.63. The Hall–Kier alpha value is -1.49. The van der Waals surface area contributed by atoms with E-state index in [1.807, 2.05) is 0 Å². The molecule has 72 valence electrons. The van der Waals surface area contributed by atoms with Crippen molar-refractivity contribution in [2.45, 2.75) is 0 Å². The van der Waals surface area contributed by atoms with Crippen molar-refractivity contribution >= 4 is 32.9 Å². The lowest BCUT2D eigenvalue weighted by Crippen LogP contribution is -1.95. The normalized spacial score (nSPS) is 10.6. The van der Waals surface area contributed by atoms with Gasteiger partial charge in [0.25, 0.3) is 0 Å². The summed E-state index contributed by atoms with van der Waals surface area (Å²) >= 11 is 3.12. The van der Waals surface area contributed by atoms with Crippen molar-refractivity contribution in [2.75, 3.05) is 0 Å². The van der Waals surface area contributed by atoms with Crippen LogP contribution in [0.2, 0.25) is 0 Å². The lowest BCUT2D eigenvalue weighted by molar-refractivity contribution is 0.0694. The predicted molar refractivity (Wildman–Crippen MR) is 52.5 cm³/mol. The van der Waals surface area contributed by atoms with Crippen molar-refractivity contribution in [3.05, 3.63) is 28.4 Å². The molecule has 0 amide bonds. The van der Waals surface area contributed by atoms with Crippen molar-refractivity contribution in [3.63, 3.8) is 0 Å². The summed E-state index contributed by atoms with van der Waals surface area (Å²) in [5.74, 6) is -1.45. The highest BCUT2D eigenvalue weighted by Crippen LogP contribution is 2.29. The van der Waals surface area contributed by atoms with Crippen molar-refractivity contribution in [1.29, 1.82) is 0 Å². The van der Waals surface area contributed by atoms with Gasteiger partial charge >= 0.3 is 5.97 Å². The van der Waals surface area contributed by atoms with E-state index in [1.54, 1.807) is 6.07 Å². The Morgan fingerprint density at radius 2 is 2.07 bits per heavy atom. The third-order valence-electron chi connectivity index (χ3n) is 1.83. The van der Waals surface area contributed by atoms with Crippen LogP contribution in [-0.2, 0) is 0 Å². The molecule has 0 unspecified atom stereocenters. The standard InChI is InChI=1S/C9H5BrO4/c10-8-2-4-1-6(11)5(9(12)13)3-7(4)14-8/h1-3,11H,(H,12,13). The van der Waals surface area contributed by atoms with Crippen LogP contribution in [0.1, 0.15) is 10.4 Å². The average molecular weight is 257 g/mol. The van der Waals surface area contributed by atoms with Crippen LogP contribution in [0.3, 0.4) is 0 Å². The summed E-state index contributed by atoms with van der Waals surface area (Å²) in [5.41, 5.74) is 0.256. The number of halogens is 1. The van der Waals surface area contributed by atoms with E-state index < -0.39 is 5.97 Å². The Kier molecular flexibility index (Phi) is 1.96. The minimum atomic E-state index is -1.18. The van der Waals surface area contributed by atoms with Gasteiger partial charge in [-0.1, -0.05) is 0 Å². The molecule has 1 heterocycles.